The van der Waals surface area contributed by atoms with Gasteiger partial charge >= 0.3 is 0 Å². The molecule has 6 nitrogen and oxygen atoms in total. The Balaban J connectivity index is 3.20. The smallest absolute Gasteiger partial charge is 0.242 e. The van der Waals surface area contributed by atoms with E-state index in [1.54, 1.807) is 6.07 Å². The van der Waals surface area contributed by atoms with Gasteiger partial charge < -0.3 is 16.2 Å². The predicted octanol–water partition coefficient (Wildman–Crippen LogP) is 1.48. The largest absolute Gasteiger partial charge is 0.397 e. The number of hydrogen-bond donors (Lipinski definition) is 3. The van der Waals surface area contributed by atoms with Crippen molar-refractivity contribution >= 4 is 21.4 Å². The van der Waals surface area contributed by atoms with Gasteiger partial charge in [0.2, 0.25) is 10.0 Å². The number of nitrogens with one attached hydrogen (secondary N) is 1. The number of anilines is 2. The Morgan fingerprint density at radius 1 is 1.38 bits per heavy atom. The quantitative estimate of drug-likeness (QED) is 0.662. The molecule has 0 bridgehead atoms. The minimum absolute atomic E-state index is 0.0485. The fourth-order valence-corrected chi connectivity index (χ4v) is 2.84. The summed E-state index contributed by atoms with van der Waals surface area (Å²) in [5, 5.41) is 12.4. The van der Waals surface area contributed by atoms with Gasteiger partial charge in [-0.15, -0.1) is 0 Å². The second kappa shape index (κ2) is 6.64. The molecule has 0 heterocycles. The van der Waals surface area contributed by atoms with Crippen LogP contribution in [0, 0.1) is 0 Å². The maximum atomic E-state index is 12.2. The first-order chi connectivity index (χ1) is 9.66. The number of nitrogen functional groups attached to an aromatic ring is 1. The van der Waals surface area contributed by atoms with Crippen molar-refractivity contribution in [2.75, 3.05) is 31.8 Å². The summed E-state index contributed by atoms with van der Waals surface area (Å²) in [6.45, 7) is 4.02. The summed E-state index contributed by atoms with van der Waals surface area (Å²) >= 11 is 0. The van der Waals surface area contributed by atoms with E-state index in [0.717, 1.165) is 10.7 Å². The number of nitrogens with two attached hydrogens (primary N) is 1. The van der Waals surface area contributed by atoms with Crippen molar-refractivity contribution in [2.45, 2.75) is 37.1 Å². The second-order valence-electron chi connectivity index (χ2n) is 5.55. The highest BCUT2D eigenvalue weighted by Crippen LogP contribution is 2.29. The average Bonchev–Trinajstić information content (AvgIpc) is 2.41. The van der Waals surface area contributed by atoms with E-state index < -0.39 is 10.0 Å². The summed E-state index contributed by atoms with van der Waals surface area (Å²) < 4.78 is 25.5. The predicted molar refractivity (Wildman–Crippen MR) is 85.7 cm³/mol. The van der Waals surface area contributed by atoms with Crippen LogP contribution in [0.5, 0.6) is 0 Å². The zero-order valence-corrected chi connectivity index (χ0v) is 13.9. The number of aliphatic hydroxyl groups excluding tert-OH is 1. The number of hydrogen-bond acceptors (Lipinski definition) is 5. The molecule has 1 aromatic rings. The lowest BCUT2D eigenvalue weighted by Gasteiger charge is -2.31. The topological polar surface area (TPSA) is 95.7 Å². The van der Waals surface area contributed by atoms with E-state index in [1.807, 2.05) is 13.8 Å². The van der Waals surface area contributed by atoms with Crippen LogP contribution in [-0.4, -0.2) is 44.1 Å². The van der Waals surface area contributed by atoms with Gasteiger partial charge in [0.25, 0.3) is 0 Å². The molecule has 0 saturated heterocycles. The van der Waals surface area contributed by atoms with Crippen LogP contribution in [0.1, 0.15) is 26.7 Å². The second-order valence-corrected chi connectivity index (χ2v) is 7.70. The lowest BCUT2D eigenvalue weighted by Crippen LogP contribution is -2.35. The van der Waals surface area contributed by atoms with E-state index in [0.29, 0.717) is 17.8 Å². The molecular weight excluding hydrogens is 290 g/mol. The first kappa shape index (κ1) is 17.7. The van der Waals surface area contributed by atoms with E-state index >= 15 is 0 Å². The third kappa shape index (κ3) is 4.09. The monoisotopic (exact) mass is 315 g/mol. The molecule has 0 aromatic heterocycles. The molecule has 1 aromatic carbocycles. The fourth-order valence-electron chi connectivity index (χ4n) is 1.91. The lowest BCUT2D eigenvalue weighted by molar-refractivity contribution is 0.252. The summed E-state index contributed by atoms with van der Waals surface area (Å²) in [6.07, 6.45) is 1.32. The third-order valence-corrected chi connectivity index (χ3v) is 5.49. The van der Waals surface area contributed by atoms with Gasteiger partial charge in [0, 0.05) is 26.2 Å². The van der Waals surface area contributed by atoms with Crippen molar-refractivity contribution in [1.29, 1.82) is 0 Å². The van der Waals surface area contributed by atoms with Crippen LogP contribution in [0.4, 0.5) is 11.4 Å². The molecule has 120 valence electrons. The number of benzene rings is 1. The molecule has 1 atom stereocenters. The Hall–Kier alpha value is -1.31. The number of sulfonamides is 1. The highest BCUT2D eigenvalue weighted by Gasteiger charge is 2.24. The molecular formula is C14H25N3O3S. The Kier molecular flexibility index (Phi) is 5.61. The molecule has 4 N–H and O–H groups in total. The first-order valence-corrected chi connectivity index (χ1v) is 8.31. The highest BCUT2D eigenvalue weighted by atomic mass is 32.2. The summed E-state index contributed by atoms with van der Waals surface area (Å²) in [4.78, 5) is 0.187. The molecule has 21 heavy (non-hydrogen) atoms. The molecule has 0 aliphatic carbocycles. The average molecular weight is 315 g/mol. The van der Waals surface area contributed by atoms with E-state index in [4.69, 9.17) is 10.8 Å². The van der Waals surface area contributed by atoms with Crippen LogP contribution in [-0.2, 0) is 10.0 Å². The molecule has 1 unspecified atom stereocenters. The van der Waals surface area contributed by atoms with Gasteiger partial charge in [0.05, 0.1) is 16.3 Å². The number of aliphatic hydroxyl groups is 1. The minimum atomic E-state index is -3.50. The minimum Gasteiger partial charge on any atom is -0.397 e. The molecule has 0 amide bonds. The van der Waals surface area contributed by atoms with Gasteiger partial charge in [-0.1, -0.05) is 6.92 Å². The summed E-state index contributed by atoms with van der Waals surface area (Å²) in [6, 6.07) is 4.61. The summed E-state index contributed by atoms with van der Waals surface area (Å²) in [5.74, 6) is 0. The maximum Gasteiger partial charge on any atom is 0.242 e. The zero-order valence-electron chi connectivity index (χ0n) is 13.0. The van der Waals surface area contributed by atoms with E-state index in [-0.39, 0.29) is 17.0 Å². The van der Waals surface area contributed by atoms with Crippen molar-refractivity contribution in [1.82, 2.24) is 4.31 Å². The number of rotatable bonds is 7. The molecule has 0 saturated carbocycles. The summed E-state index contributed by atoms with van der Waals surface area (Å²) in [7, 11) is -0.529. The van der Waals surface area contributed by atoms with Crippen LogP contribution in [0.3, 0.4) is 0 Å². The Morgan fingerprint density at radius 2 is 2.00 bits per heavy atom. The highest BCUT2D eigenvalue weighted by molar-refractivity contribution is 7.89. The lowest BCUT2D eigenvalue weighted by atomic mass is 9.94. The molecule has 7 heteroatoms. The third-order valence-electron chi connectivity index (χ3n) is 3.68. The van der Waals surface area contributed by atoms with Crippen molar-refractivity contribution in [3.8, 4) is 0 Å². The van der Waals surface area contributed by atoms with Crippen LogP contribution in [0.2, 0.25) is 0 Å². The van der Waals surface area contributed by atoms with Gasteiger partial charge in [-0.05, 0) is 38.0 Å². The van der Waals surface area contributed by atoms with Gasteiger partial charge in [-0.3, -0.25) is 0 Å². The van der Waals surface area contributed by atoms with Gasteiger partial charge in [0.1, 0.15) is 0 Å². The van der Waals surface area contributed by atoms with E-state index in [2.05, 4.69) is 5.32 Å². The van der Waals surface area contributed by atoms with Crippen molar-refractivity contribution in [2.24, 2.45) is 0 Å². The van der Waals surface area contributed by atoms with Crippen molar-refractivity contribution in [3.05, 3.63) is 18.2 Å². The standard InChI is InChI=1S/C14H25N3O3S/c1-5-14(2,8-9-18)16-13-10-11(6-7-12(13)15)21(19,20)17(3)4/h6-7,10,16,18H,5,8-9,15H2,1-4H3. The van der Waals surface area contributed by atoms with Crippen LogP contribution < -0.4 is 11.1 Å². The Morgan fingerprint density at radius 3 is 2.48 bits per heavy atom. The van der Waals surface area contributed by atoms with E-state index in [1.165, 1.54) is 26.2 Å². The first-order valence-electron chi connectivity index (χ1n) is 6.87. The molecule has 0 aliphatic rings. The van der Waals surface area contributed by atoms with Crippen molar-refractivity contribution in [3.63, 3.8) is 0 Å². The maximum absolute atomic E-state index is 12.2. The van der Waals surface area contributed by atoms with Crippen molar-refractivity contribution < 1.29 is 13.5 Å². The zero-order chi connectivity index (χ0) is 16.3. The molecule has 0 radical (unpaired) electrons. The Labute approximate surface area is 127 Å². The fraction of sp³-hybridized carbons (Fsp3) is 0.571. The SMILES string of the molecule is CCC(C)(CCO)Nc1cc(S(=O)(=O)N(C)C)ccc1N. The van der Waals surface area contributed by atoms with Gasteiger partial charge in [-0.2, -0.15) is 0 Å². The van der Waals surface area contributed by atoms with Gasteiger partial charge in [0.15, 0.2) is 0 Å². The molecule has 0 spiro atoms. The summed E-state index contributed by atoms with van der Waals surface area (Å²) in [5.41, 5.74) is 6.63. The molecule has 0 fully saturated rings. The Bertz CT molecular complexity index is 587. The molecule has 1 rings (SSSR count). The normalized spacial score (nSPS) is 15.0. The number of nitrogens with zero attached hydrogens (tertiary/aromatic N) is 1. The van der Waals surface area contributed by atoms with Crippen LogP contribution in [0.15, 0.2) is 23.1 Å². The van der Waals surface area contributed by atoms with Crippen LogP contribution in [0.25, 0.3) is 0 Å². The van der Waals surface area contributed by atoms with Crippen LogP contribution >= 0.6 is 0 Å². The molecule has 0 aliphatic heterocycles. The van der Waals surface area contributed by atoms with Gasteiger partial charge in [-0.25, -0.2) is 12.7 Å². The van der Waals surface area contributed by atoms with E-state index in [9.17, 15) is 8.42 Å².